The molecule has 1 unspecified atom stereocenters. The molecule has 0 radical (unpaired) electrons. The molecular formula is C23H27F2N5O. The Kier molecular flexibility index (Phi) is 7.72. The van der Waals surface area contributed by atoms with Crippen molar-refractivity contribution >= 4 is 5.96 Å². The first-order valence-corrected chi connectivity index (χ1v) is 10.1. The Morgan fingerprint density at radius 3 is 2.42 bits per heavy atom. The van der Waals surface area contributed by atoms with E-state index in [2.05, 4.69) is 20.6 Å². The molecule has 0 fully saturated rings. The fourth-order valence-electron chi connectivity index (χ4n) is 3.16. The second-order valence-corrected chi connectivity index (χ2v) is 7.20. The molecule has 164 valence electrons. The maximum Gasteiger partial charge on any atom is 0.226 e. The van der Waals surface area contributed by atoms with Crippen LogP contribution in [0.4, 0.5) is 8.78 Å². The summed E-state index contributed by atoms with van der Waals surface area (Å²) in [6.45, 7) is 3.15. The predicted octanol–water partition coefficient (Wildman–Crippen LogP) is 3.98. The van der Waals surface area contributed by atoms with Crippen LogP contribution >= 0.6 is 0 Å². The number of guanidine groups is 1. The van der Waals surface area contributed by atoms with Crippen molar-refractivity contribution < 1.29 is 13.2 Å². The van der Waals surface area contributed by atoms with Crippen LogP contribution in [0.15, 0.2) is 64.2 Å². The van der Waals surface area contributed by atoms with E-state index in [0.717, 1.165) is 5.56 Å². The Morgan fingerprint density at radius 2 is 1.77 bits per heavy atom. The molecule has 2 N–H and O–H groups in total. The molecule has 1 atom stereocenters. The van der Waals surface area contributed by atoms with E-state index in [9.17, 15) is 8.78 Å². The first kappa shape index (κ1) is 22.4. The van der Waals surface area contributed by atoms with Crippen LogP contribution in [0.5, 0.6) is 0 Å². The molecule has 0 spiro atoms. The lowest BCUT2D eigenvalue weighted by atomic mass is 10.0. The molecule has 0 saturated carbocycles. The maximum atomic E-state index is 14.3. The van der Waals surface area contributed by atoms with Gasteiger partial charge in [-0.3, -0.25) is 0 Å². The summed E-state index contributed by atoms with van der Waals surface area (Å²) < 4.78 is 34.1. The first-order chi connectivity index (χ1) is 15.0. The Morgan fingerprint density at radius 1 is 1.06 bits per heavy atom. The van der Waals surface area contributed by atoms with Crippen LogP contribution in [-0.2, 0) is 6.54 Å². The highest BCUT2D eigenvalue weighted by Crippen LogP contribution is 2.24. The van der Waals surface area contributed by atoms with Gasteiger partial charge in [-0.1, -0.05) is 24.3 Å². The lowest BCUT2D eigenvalue weighted by molar-refractivity contribution is 0.282. The van der Waals surface area contributed by atoms with E-state index in [-0.39, 0.29) is 12.1 Å². The van der Waals surface area contributed by atoms with Crippen molar-refractivity contribution in [1.29, 1.82) is 0 Å². The molecule has 0 aliphatic rings. The van der Waals surface area contributed by atoms with Crippen LogP contribution in [0.2, 0.25) is 0 Å². The summed E-state index contributed by atoms with van der Waals surface area (Å²) >= 11 is 0. The number of aliphatic imine (C=N–C) groups is 1. The molecule has 6 nitrogen and oxygen atoms in total. The monoisotopic (exact) mass is 427 g/mol. The number of nitrogens with zero attached hydrogens (tertiary/aromatic N) is 3. The summed E-state index contributed by atoms with van der Waals surface area (Å²) in [4.78, 5) is 10.8. The Balaban J connectivity index is 1.70. The minimum Gasteiger partial charge on any atom is -0.444 e. The zero-order chi connectivity index (χ0) is 22.2. The number of rotatable bonds is 8. The van der Waals surface area contributed by atoms with Gasteiger partial charge in [0.1, 0.15) is 23.6 Å². The molecule has 3 rings (SSSR count). The zero-order valence-corrected chi connectivity index (χ0v) is 17.9. The topological polar surface area (TPSA) is 65.7 Å². The second-order valence-electron chi connectivity index (χ2n) is 7.20. The highest BCUT2D eigenvalue weighted by Gasteiger charge is 2.22. The highest BCUT2D eigenvalue weighted by atomic mass is 19.1. The Hall–Kier alpha value is -3.26. The molecule has 0 amide bonds. The summed E-state index contributed by atoms with van der Waals surface area (Å²) in [6.07, 6.45) is 1.58. The predicted molar refractivity (Wildman–Crippen MR) is 118 cm³/mol. The molecule has 0 saturated heterocycles. The number of nitrogens with one attached hydrogen (secondary N) is 2. The molecule has 31 heavy (non-hydrogen) atoms. The van der Waals surface area contributed by atoms with Crippen molar-refractivity contribution in [2.45, 2.75) is 19.5 Å². The van der Waals surface area contributed by atoms with E-state index in [1.807, 2.05) is 37.3 Å². The average Bonchev–Trinajstić information content (AvgIpc) is 3.23. The van der Waals surface area contributed by atoms with E-state index >= 15 is 0 Å². The van der Waals surface area contributed by atoms with Gasteiger partial charge in [-0.2, -0.15) is 0 Å². The van der Waals surface area contributed by atoms with Crippen LogP contribution in [0.1, 0.15) is 24.2 Å². The van der Waals surface area contributed by atoms with Gasteiger partial charge in [0.05, 0.1) is 12.6 Å². The number of halogens is 2. The van der Waals surface area contributed by atoms with Crippen molar-refractivity contribution in [2.24, 2.45) is 4.99 Å². The second kappa shape index (κ2) is 10.7. The summed E-state index contributed by atoms with van der Waals surface area (Å²) in [5.74, 6) is -0.0845. The van der Waals surface area contributed by atoms with E-state index < -0.39 is 17.7 Å². The molecule has 0 aliphatic carbocycles. The molecule has 2 aromatic carbocycles. The molecule has 3 aromatic rings. The standard InChI is InChI=1S/C23H27F2N5O/c1-4-26-23(27-13-17-15-31-22(29-17)16-9-6-5-7-10-16)28-14-20(30(2)3)21-18(24)11-8-12-19(21)25/h5-12,15,20H,4,13-14H2,1-3H3,(H2,26,27,28). The minimum absolute atomic E-state index is 0.0276. The third-order valence-electron chi connectivity index (χ3n) is 4.74. The van der Waals surface area contributed by atoms with Crippen LogP contribution < -0.4 is 10.6 Å². The lowest BCUT2D eigenvalue weighted by Crippen LogP contribution is -2.42. The van der Waals surface area contributed by atoms with Gasteiger partial charge in [-0.25, -0.2) is 18.8 Å². The van der Waals surface area contributed by atoms with E-state index in [4.69, 9.17) is 4.42 Å². The largest absolute Gasteiger partial charge is 0.444 e. The smallest absolute Gasteiger partial charge is 0.226 e. The van der Waals surface area contributed by atoms with Crippen molar-refractivity contribution in [2.75, 3.05) is 27.2 Å². The number of benzene rings is 2. The maximum absolute atomic E-state index is 14.3. The van der Waals surface area contributed by atoms with Gasteiger partial charge in [-0.15, -0.1) is 0 Å². The van der Waals surface area contributed by atoms with Crippen LogP contribution in [0.25, 0.3) is 11.5 Å². The number of oxazole rings is 1. The molecule has 8 heteroatoms. The molecule has 1 heterocycles. The fourth-order valence-corrected chi connectivity index (χ4v) is 3.16. The first-order valence-electron chi connectivity index (χ1n) is 10.1. The van der Waals surface area contributed by atoms with E-state index in [1.165, 1.54) is 18.2 Å². The summed E-state index contributed by atoms with van der Waals surface area (Å²) in [6, 6.07) is 13.0. The lowest BCUT2D eigenvalue weighted by Gasteiger charge is -2.26. The van der Waals surface area contributed by atoms with Crippen molar-refractivity contribution in [1.82, 2.24) is 20.5 Å². The van der Waals surface area contributed by atoms with Gasteiger partial charge in [0.25, 0.3) is 0 Å². The molecular weight excluding hydrogens is 400 g/mol. The van der Waals surface area contributed by atoms with Gasteiger partial charge >= 0.3 is 0 Å². The third-order valence-corrected chi connectivity index (χ3v) is 4.74. The van der Waals surface area contributed by atoms with Crippen LogP contribution in [0.3, 0.4) is 0 Å². The summed E-state index contributed by atoms with van der Waals surface area (Å²) in [5, 5.41) is 6.31. The zero-order valence-electron chi connectivity index (χ0n) is 17.9. The van der Waals surface area contributed by atoms with E-state index in [0.29, 0.717) is 30.6 Å². The normalized spacial score (nSPS) is 12.8. The highest BCUT2D eigenvalue weighted by molar-refractivity contribution is 5.79. The number of aromatic nitrogens is 1. The molecule has 0 bridgehead atoms. The number of likely N-dealkylation sites (N-methyl/N-ethyl adjacent to an activating group) is 1. The van der Waals surface area contributed by atoms with Crippen LogP contribution in [0, 0.1) is 11.6 Å². The Labute approximate surface area is 181 Å². The van der Waals surface area contributed by atoms with Crippen molar-refractivity contribution in [3.8, 4) is 11.5 Å². The summed E-state index contributed by atoms with van der Waals surface area (Å²) in [5.41, 5.74) is 1.60. The van der Waals surface area contributed by atoms with Gasteiger partial charge in [-0.05, 0) is 45.3 Å². The van der Waals surface area contributed by atoms with Crippen molar-refractivity contribution in [3.63, 3.8) is 0 Å². The van der Waals surface area contributed by atoms with Gasteiger partial charge in [0.15, 0.2) is 5.96 Å². The quantitative estimate of drug-likeness (QED) is 0.421. The number of hydrogen-bond donors (Lipinski definition) is 2. The van der Waals surface area contributed by atoms with Gasteiger partial charge in [0.2, 0.25) is 5.89 Å². The fraction of sp³-hybridized carbons (Fsp3) is 0.304. The number of hydrogen-bond acceptors (Lipinski definition) is 4. The van der Waals surface area contributed by atoms with Gasteiger partial charge < -0.3 is 20.0 Å². The molecule has 1 aromatic heterocycles. The molecule has 0 aliphatic heterocycles. The van der Waals surface area contributed by atoms with Gasteiger partial charge in [0, 0.05) is 24.2 Å². The van der Waals surface area contributed by atoms with Crippen molar-refractivity contribution in [3.05, 3.63) is 77.7 Å². The minimum atomic E-state index is -0.571. The summed E-state index contributed by atoms with van der Waals surface area (Å²) in [7, 11) is 3.56. The Bertz CT molecular complexity index is 984. The van der Waals surface area contributed by atoms with E-state index in [1.54, 1.807) is 25.3 Å². The van der Waals surface area contributed by atoms with Crippen LogP contribution in [-0.4, -0.2) is 43.0 Å². The third kappa shape index (κ3) is 5.88. The average molecular weight is 427 g/mol. The SMILES string of the molecule is CCNC(=NCc1coc(-c2ccccc2)n1)NCC(c1c(F)cccc1F)N(C)C.